The van der Waals surface area contributed by atoms with Gasteiger partial charge in [0, 0.05) is 7.05 Å². The van der Waals surface area contributed by atoms with Gasteiger partial charge in [0.25, 0.3) is 5.91 Å². The lowest BCUT2D eigenvalue weighted by molar-refractivity contribution is -0.121. The van der Waals surface area contributed by atoms with Crippen LogP contribution in [0.1, 0.15) is 5.56 Å². The predicted octanol–water partition coefficient (Wildman–Crippen LogP) is 3.43. The lowest BCUT2D eigenvalue weighted by Crippen LogP contribution is -2.36. The van der Waals surface area contributed by atoms with Crippen LogP contribution in [-0.2, 0) is 14.8 Å². The number of likely N-dealkylation sites (N-methyl/N-ethyl adjacent to an activating group) is 1. The average Bonchev–Trinajstić information content (AvgIpc) is 2.64. The quantitative estimate of drug-likeness (QED) is 0.502. The summed E-state index contributed by atoms with van der Waals surface area (Å²) < 4.78 is 31.0. The minimum absolute atomic E-state index is 0.0621. The Bertz CT molecular complexity index is 1010. The SMILES string of the molecule is COc1ccc(S(=O)(=O)N(C)CC(=O)N/N=C/c2ccc(Cl)c(Cl)c2)cc1Cl. The summed E-state index contributed by atoms with van der Waals surface area (Å²) in [4.78, 5) is 11.9. The lowest BCUT2D eigenvalue weighted by Gasteiger charge is -2.16. The molecule has 7 nitrogen and oxygen atoms in total. The number of halogens is 3. The first kappa shape index (κ1) is 22.4. The van der Waals surface area contributed by atoms with Crippen molar-refractivity contribution in [3.63, 3.8) is 0 Å². The zero-order chi connectivity index (χ0) is 20.9. The van der Waals surface area contributed by atoms with Gasteiger partial charge in [0.15, 0.2) is 0 Å². The van der Waals surface area contributed by atoms with E-state index in [1.54, 1.807) is 18.2 Å². The number of benzene rings is 2. The third kappa shape index (κ3) is 5.59. The minimum atomic E-state index is -3.92. The highest BCUT2D eigenvalue weighted by Gasteiger charge is 2.23. The Morgan fingerprint density at radius 3 is 2.46 bits per heavy atom. The minimum Gasteiger partial charge on any atom is -0.495 e. The number of carbonyl (C=O) groups is 1. The van der Waals surface area contributed by atoms with Crippen LogP contribution >= 0.6 is 34.8 Å². The monoisotopic (exact) mass is 463 g/mol. The third-order valence-electron chi connectivity index (χ3n) is 3.54. The van der Waals surface area contributed by atoms with Crippen LogP contribution in [0.25, 0.3) is 0 Å². The van der Waals surface area contributed by atoms with Gasteiger partial charge < -0.3 is 4.74 Å². The van der Waals surface area contributed by atoms with Crippen LogP contribution in [0.4, 0.5) is 0 Å². The summed E-state index contributed by atoms with van der Waals surface area (Å²) in [5, 5.41) is 4.66. The number of carbonyl (C=O) groups excluding carboxylic acids is 1. The molecule has 0 aromatic heterocycles. The average molecular weight is 465 g/mol. The molecule has 28 heavy (non-hydrogen) atoms. The molecular weight excluding hydrogens is 449 g/mol. The molecule has 0 saturated heterocycles. The Balaban J connectivity index is 2.01. The van der Waals surface area contributed by atoms with E-state index in [0.29, 0.717) is 21.4 Å². The van der Waals surface area contributed by atoms with E-state index in [4.69, 9.17) is 39.5 Å². The molecule has 2 aromatic rings. The molecule has 2 aromatic carbocycles. The molecule has 0 bridgehead atoms. The zero-order valence-corrected chi connectivity index (χ0v) is 17.9. The van der Waals surface area contributed by atoms with Crippen LogP contribution in [0.2, 0.25) is 15.1 Å². The van der Waals surface area contributed by atoms with Crippen molar-refractivity contribution in [3.05, 3.63) is 57.0 Å². The van der Waals surface area contributed by atoms with Crippen molar-refractivity contribution < 1.29 is 17.9 Å². The Hall–Kier alpha value is -1.84. The van der Waals surface area contributed by atoms with Gasteiger partial charge in [-0.2, -0.15) is 9.41 Å². The molecule has 0 aliphatic rings. The standard InChI is InChI=1S/C17H16Cl3N3O4S/c1-23(28(25,26)12-4-6-16(27-2)15(20)8-12)10-17(24)22-21-9-11-3-5-13(18)14(19)7-11/h3-9H,10H2,1-2H3,(H,22,24)/b21-9+. The fourth-order valence-electron chi connectivity index (χ4n) is 2.08. The number of rotatable bonds is 7. The Labute approximate surface area is 177 Å². The number of amides is 1. The van der Waals surface area contributed by atoms with Gasteiger partial charge in [0.1, 0.15) is 5.75 Å². The normalized spacial score (nSPS) is 11.8. The molecule has 0 heterocycles. The molecule has 0 radical (unpaired) electrons. The van der Waals surface area contributed by atoms with Gasteiger partial charge in [-0.25, -0.2) is 13.8 Å². The van der Waals surface area contributed by atoms with Gasteiger partial charge in [-0.15, -0.1) is 0 Å². The van der Waals surface area contributed by atoms with E-state index in [9.17, 15) is 13.2 Å². The maximum absolute atomic E-state index is 12.6. The first-order valence-electron chi connectivity index (χ1n) is 7.72. The van der Waals surface area contributed by atoms with Gasteiger partial charge in [-0.05, 0) is 35.9 Å². The van der Waals surface area contributed by atoms with E-state index in [2.05, 4.69) is 10.5 Å². The highest BCUT2D eigenvalue weighted by atomic mass is 35.5. The summed E-state index contributed by atoms with van der Waals surface area (Å²) in [6.45, 7) is -0.440. The smallest absolute Gasteiger partial charge is 0.255 e. The van der Waals surface area contributed by atoms with E-state index in [-0.39, 0.29) is 9.92 Å². The van der Waals surface area contributed by atoms with Crippen molar-refractivity contribution >= 4 is 56.9 Å². The topological polar surface area (TPSA) is 88.1 Å². The maximum atomic E-state index is 12.6. The van der Waals surface area contributed by atoms with Gasteiger partial charge in [-0.3, -0.25) is 4.79 Å². The number of hydrogen-bond donors (Lipinski definition) is 1. The number of hydrazone groups is 1. The molecule has 0 atom stereocenters. The maximum Gasteiger partial charge on any atom is 0.255 e. The number of nitrogens with one attached hydrogen (secondary N) is 1. The number of sulfonamides is 1. The second kappa shape index (κ2) is 9.58. The third-order valence-corrected chi connectivity index (χ3v) is 6.38. The molecule has 0 aliphatic heterocycles. The van der Waals surface area contributed by atoms with Crippen LogP contribution < -0.4 is 10.2 Å². The zero-order valence-electron chi connectivity index (χ0n) is 14.8. The van der Waals surface area contributed by atoms with Crippen LogP contribution in [-0.4, -0.2) is 45.5 Å². The van der Waals surface area contributed by atoms with E-state index >= 15 is 0 Å². The summed E-state index contributed by atoms with van der Waals surface area (Å²) >= 11 is 17.7. The van der Waals surface area contributed by atoms with E-state index in [1.165, 1.54) is 38.6 Å². The molecule has 1 N–H and O–H groups in total. The van der Waals surface area contributed by atoms with Crippen molar-refractivity contribution in [2.45, 2.75) is 4.90 Å². The predicted molar refractivity (Wildman–Crippen MR) is 110 cm³/mol. The van der Waals surface area contributed by atoms with Crippen molar-refractivity contribution in [1.29, 1.82) is 0 Å². The molecule has 0 saturated carbocycles. The summed E-state index contributed by atoms with van der Waals surface area (Å²) in [5.74, 6) is -0.278. The molecule has 2 rings (SSSR count). The molecule has 0 aliphatic carbocycles. The molecule has 1 amide bonds. The number of ether oxygens (including phenoxy) is 1. The van der Waals surface area contributed by atoms with Gasteiger partial charge in [0.05, 0.1) is 39.8 Å². The van der Waals surface area contributed by atoms with E-state index < -0.39 is 22.5 Å². The molecule has 150 valence electrons. The summed E-state index contributed by atoms with van der Waals surface area (Å²) in [7, 11) is -1.23. The molecule has 0 spiro atoms. The van der Waals surface area contributed by atoms with E-state index in [1.807, 2.05) is 0 Å². The second-order valence-electron chi connectivity index (χ2n) is 5.52. The highest BCUT2D eigenvalue weighted by Crippen LogP contribution is 2.28. The van der Waals surface area contributed by atoms with Crippen molar-refractivity contribution in [2.75, 3.05) is 20.7 Å². The summed E-state index contributed by atoms with van der Waals surface area (Å²) in [6, 6.07) is 8.86. The number of methoxy groups -OCH3 is 1. The Kier molecular flexibility index (Phi) is 7.68. The fourth-order valence-corrected chi connectivity index (χ4v) is 3.86. The van der Waals surface area contributed by atoms with Gasteiger partial charge >= 0.3 is 0 Å². The van der Waals surface area contributed by atoms with Gasteiger partial charge in [0.2, 0.25) is 10.0 Å². The molecular formula is C17H16Cl3N3O4S. The Morgan fingerprint density at radius 2 is 1.86 bits per heavy atom. The lowest BCUT2D eigenvalue weighted by atomic mass is 10.2. The summed E-state index contributed by atoms with van der Waals surface area (Å²) in [6.07, 6.45) is 1.36. The molecule has 11 heteroatoms. The molecule has 0 fully saturated rings. The second-order valence-corrected chi connectivity index (χ2v) is 8.79. The molecule has 0 unspecified atom stereocenters. The Morgan fingerprint density at radius 1 is 1.14 bits per heavy atom. The van der Waals surface area contributed by atoms with Crippen LogP contribution in [0, 0.1) is 0 Å². The summed E-state index contributed by atoms with van der Waals surface area (Å²) in [5.41, 5.74) is 2.87. The van der Waals surface area contributed by atoms with Crippen molar-refractivity contribution in [1.82, 2.24) is 9.73 Å². The van der Waals surface area contributed by atoms with E-state index in [0.717, 1.165) is 4.31 Å². The number of hydrogen-bond acceptors (Lipinski definition) is 5. The van der Waals surface area contributed by atoms with Gasteiger partial charge in [-0.1, -0.05) is 40.9 Å². The number of nitrogens with zero attached hydrogens (tertiary/aromatic N) is 2. The fraction of sp³-hybridized carbons (Fsp3) is 0.176. The first-order chi connectivity index (χ1) is 13.1. The first-order valence-corrected chi connectivity index (χ1v) is 10.3. The van der Waals surface area contributed by atoms with Crippen molar-refractivity contribution in [3.8, 4) is 5.75 Å². The van der Waals surface area contributed by atoms with Crippen LogP contribution in [0.15, 0.2) is 46.4 Å². The largest absolute Gasteiger partial charge is 0.495 e. The van der Waals surface area contributed by atoms with Crippen LogP contribution in [0.3, 0.4) is 0 Å². The highest BCUT2D eigenvalue weighted by molar-refractivity contribution is 7.89. The van der Waals surface area contributed by atoms with Crippen molar-refractivity contribution in [2.24, 2.45) is 5.10 Å². The van der Waals surface area contributed by atoms with Crippen LogP contribution in [0.5, 0.6) is 5.75 Å².